The fourth-order valence-electron chi connectivity index (χ4n) is 8.31. The van der Waals surface area contributed by atoms with Crippen molar-refractivity contribution in [1.29, 1.82) is 0 Å². The van der Waals surface area contributed by atoms with Crippen LogP contribution in [0.2, 0.25) is 0 Å². The number of hydrogen-bond donors (Lipinski definition) is 0. The zero-order valence-electron chi connectivity index (χ0n) is 28.2. The first kappa shape index (κ1) is 28.8. The first-order chi connectivity index (χ1) is 26.2. The summed E-state index contributed by atoms with van der Waals surface area (Å²) in [4.78, 5) is 10.7. The number of furan rings is 1. The molecule has 0 atom stereocenters. The second kappa shape index (κ2) is 10.8. The van der Waals surface area contributed by atoms with Crippen molar-refractivity contribution in [3.63, 3.8) is 0 Å². The zero-order chi connectivity index (χ0) is 34.6. The van der Waals surface area contributed by atoms with Crippen LogP contribution in [-0.2, 0) is 0 Å². The molecule has 0 bridgehead atoms. The van der Waals surface area contributed by atoms with Gasteiger partial charge in [-0.05, 0) is 69.8 Å². The van der Waals surface area contributed by atoms with E-state index in [9.17, 15) is 0 Å². The van der Waals surface area contributed by atoms with E-state index in [0.717, 1.165) is 49.4 Å². The summed E-state index contributed by atoms with van der Waals surface area (Å²) in [6.45, 7) is 0. The standard InChI is InChI=1S/C48H27N3OS/c1-2-10-28(11-3-1)29-18-19-31-25-33(21-20-30(31)24-29)45-44-37-14-5-8-16-42(37)52-47(44)50-48(49-45)51-40-15-7-4-12-34(40)39-26-32-22-23-36-35-13-6-9-17-43(35)53-46(36)38(32)27-41(39)51/h1-27H. The van der Waals surface area contributed by atoms with Gasteiger partial charge in [-0.25, -0.2) is 4.98 Å². The normalized spacial score (nSPS) is 12.2. The summed E-state index contributed by atoms with van der Waals surface area (Å²) >= 11 is 1.86. The van der Waals surface area contributed by atoms with Crippen molar-refractivity contribution in [1.82, 2.24) is 14.5 Å². The summed E-state index contributed by atoms with van der Waals surface area (Å²) in [5, 5.41) is 11.6. The van der Waals surface area contributed by atoms with Gasteiger partial charge in [0.25, 0.3) is 0 Å². The number of para-hydroxylation sites is 2. The molecule has 0 N–H and O–H groups in total. The Labute approximate surface area is 306 Å². The highest BCUT2D eigenvalue weighted by Gasteiger charge is 2.22. The lowest BCUT2D eigenvalue weighted by atomic mass is 9.98. The Morgan fingerprint density at radius 1 is 0.453 bits per heavy atom. The second-order valence-corrected chi connectivity index (χ2v) is 14.8. The van der Waals surface area contributed by atoms with Crippen LogP contribution < -0.4 is 0 Å². The molecule has 0 unspecified atom stereocenters. The Balaban J connectivity index is 1.14. The van der Waals surface area contributed by atoms with E-state index in [1.165, 1.54) is 52.8 Å². The van der Waals surface area contributed by atoms with Crippen molar-refractivity contribution >= 4 is 96.9 Å². The SMILES string of the molecule is c1ccc(-c2ccc3cc(-c4nc(-n5c6ccccc6c6cc7ccc8c9ccccc9sc8c7cc65)nc5oc6ccccc6c45)ccc3c2)cc1. The quantitative estimate of drug-likeness (QED) is 0.185. The fourth-order valence-corrected chi connectivity index (χ4v) is 9.54. The van der Waals surface area contributed by atoms with Gasteiger partial charge < -0.3 is 4.42 Å². The van der Waals surface area contributed by atoms with Crippen LogP contribution in [0.1, 0.15) is 0 Å². The second-order valence-electron chi connectivity index (χ2n) is 13.8. The summed E-state index contributed by atoms with van der Waals surface area (Å²) in [6, 6.07) is 58.5. The Morgan fingerprint density at radius 3 is 2.06 bits per heavy atom. The minimum absolute atomic E-state index is 0.573. The maximum atomic E-state index is 6.53. The molecule has 5 heteroatoms. The van der Waals surface area contributed by atoms with Crippen LogP contribution in [0.15, 0.2) is 168 Å². The van der Waals surface area contributed by atoms with E-state index in [2.05, 4.69) is 150 Å². The molecule has 0 aliphatic heterocycles. The molecule has 4 heterocycles. The molecular weight excluding hydrogens is 667 g/mol. The number of thiophene rings is 1. The fraction of sp³-hybridized carbons (Fsp3) is 0. The Bertz CT molecular complexity index is 3460. The number of fused-ring (bicyclic) bond motifs is 12. The van der Waals surface area contributed by atoms with Crippen LogP contribution in [-0.4, -0.2) is 14.5 Å². The predicted molar refractivity (Wildman–Crippen MR) is 222 cm³/mol. The summed E-state index contributed by atoms with van der Waals surface area (Å²) < 4.78 is 11.3. The average molecular weight is 694 g/mol. The maximum absolute atomic E-state index is 6.53. The van der Waals surface area contributed by atoms with E-state index in [4.69, 9.17) is 14.4 Å². The molecule has 0 radical (unpaired) electrons. The minimum atomic E-state index is 0.573. The number of nitrogens with zero attached hydrogens (tertiary/aromatic N) is 3. The molecule has 4 aromatic heterocycles. The zero-order valence-corrected chi connectivity index (χ0v) is 29.1. The summed E-state index contributed by atoms with van der Waals surface area (Å²) in [5.74, 6) is 0.583. The third kappa shape index (κ3) is 4.23. The third-order valence-corrected chi connectivity index (χ3v) is 12.0. The topological polar surface area (TPSA) is 43.9 Å². The van der Waals surface area contributed by atoms with Crippen LogP contribution in [0.25, 0.3) is 114 Å². The van der Waals surface area contributed by atoms with E-state index in [0.29, 0.717) is 11.7 Å². The van der Waals surface area contributed by atoms with Gasteiger partial charge in [-0.2, -0.15) is 4.98 Å². The van der Waals surface area contributed by atoms with Gasteiger partial charge in [-0.1, -0.05) is 121 Å². The molecule has 0 spiro atoms. The van der Waals surface area contributed by atoms with Gasteiger partial charge in [0.05, 0.1) is 22.1 Å². The van der Waals surface area contributed by atoms with Crippen LogP contribution in [0.5, 0.6) is 0 Å². The van der Waals surface area contributed by atoms with E-state index in [1.807, 2.05) is 29.5 Å². The summed E-state index contributed by atoms with van der Waals surface area (Å²) in [6.07, 6.45) is 0. The van der Waals surface area contributed by atoms with Gasteiger partial charge in [0, 0.05) is 47.3 Å². The molecule has 246 valence electrons. The molecule has 12 aromatic rings. The van der Waals surface area contributed by atoms with Gasteiger partial charge in [0.15, 0.2) is 0 Å². The molecule has 0 saturated carbocycles. The smallest absolute Gasteiger partial charge is 0.238 e. The van der Waals surface area contributed by atoms with E-state index < -0.39 is 0 Å². The van der Waals surface area contributed by atoms with Crippen molar-refractivity contribution in [3.8, 4) is 28.3 Å². The molecule has 0 aliphatic carbocycles. The lowest BCUT2D eigenvalue weighted by Crippen LogP contribution is -2.03. The molecule has 0 aliphatic rings. The molecule has 4 nitrogen and oxygen atoms in total. The summed E-state index contributed by atoms with van der Waals surface area (Å²) in [5.41, 5.74) is 7.76. The first-order valence-corrected chi connectivity index (χ1v) is 18.6. The molecule has 0 fully saturated rings. The highest BCUT2D eigenvalue weighted by molar-refractivity contribution is 7.26. The highest BCUT2D eigenvalue weighted by atomic mass is 32.1. The predicted octanol–water partition coefficient (Wildman–Crippen LogP) is 13.5. The van der Waals surface area contributed by atoms with Gasteiger partial charge in [-0.3, -0.25) is 4.57 Å². The van der Waals surface area contributed by atoms with Crippen LogP contribution in [0.4, 0.5) is 0 Å². The van der Waals surface area contributed by atoms with Crippen LogP contribution in [0, 0.1) is 0 Å². The number of rotatable bonds is 3. The van der Waals surface area contributed by atoms with Crippen molar-refractivity contribution in [2.24, 2.45) is 0 Å². The lowest BCUT2D eigenvalue weighted by molar-refractivity contribution is 0.651. The van der Waals surface area contributed by atoms with E-state index in [1.54, 1.807) is 0 Å². The Kier molecular flexibility index (Phi) is 5.90. The highest BCUT2D eigenvalue weighted by Crippen LogP contribution is 2.43. The van der Waals surface area contributed by atoms with Gasteiger partial charge in [0.1, 0.15) is 5.58 Å². The monoisotopic (exact) mass is 693 g/mol. The Hall–Kier alpha value is -6.82. The number of hydrogen-bond acceptors (Lipinski definition) is 4. The van der Waals surface area contributed by atoms with E-state index >= 15 is 0 Å². The van der Waals surface area contributed by atoms with Crippen molar-refractivity contribution in [2.75, 3.05) is 0 Å². The van der Waals surface area contributed by atoms with Crippen LogP contribution >= 0.6 is 11.3 Å². The lowest BCUT2D eigenvalue weighted by Gasteiger charge is -2.11. The first-order valence-electron chi connectivity index (χ1n) is 17.8. The van der Waals surface area contributed by atoms with Crippen molar-refractivity contribution in [2.45, 2.75) is 0 Å². The van der Waals surface area contributed by atoms with Gasteiger partial charge >= 0.3 is 0 Å². The minimum Gasteiger partial charge on any atom is -0.437 e. The molecular formula is C48H27N3OS. The van der Waals surface area contributed by atoms with Gasteiger partial charge in [0.2, 0.25) is 11.7 Å². The van der Waals surface area contributed by atoms with Gasteiger partial charge in [-0.15, -0.1) is 11.3 Å². The largest absolute Gasteiger partial charge is 0.437 e. The van der Waals surface area contributed by atoms with Crippen molar-refractivity contribution in [3.05, 3.63) is 164 Å². The average Bonchev–Trinajstić information content (AvgIpc) is 3.89. The van der Waals surface area contributed by atoms with E-state index in [-0.39, 0.29) is 0 Å². The molecule has 12 rings (SSSR count). The van der Waals surface area contributed by atoms with Crippen LogP contribution in [0.3, 0.4) is 0 Å². The Morgan fingerprint density at radius 2 is 1.17 bits per heavy atom. The number of benzene rings is 8. The molecule has 8 aromatic carbocycles. The van der Waals surface area contributed by atoms with Crippen molar-refractivity contribution < 1.29 is 4.42 Å². The maximum Gasteiger partial charge on any atom is 0.238 e. The molecule has 0 saturated heterocycles. The number of aromatic nitrogens is 3. The molecule has 53 heavy (non-hydrogen) atoms. The third-order valence-electron chi connectivity index (χ3n) is 10.8. The molecule has 0 amide bonds. The summed E-state index contributed by atoms with van der Waals surface area (Å²) in [7, 11) is 0.